The third-order valence-electron chi connectivity index (χ3n) is 2.83. The van der Waals surface area contributed by atoms with Crippen molar-refractivity contribution in [3.63, 3.8) is 0 Å². The van der Waals surface area contributed by atoms with Crippen LogP contribution in [-0.4, -0.2) is 11.0 Å². The molecule has 1 rings (SSSR count). The van der Waals surface area contributed by atoms with Crippen LogP contribution in [0, 0.1) is 16.0 Å². The Morgan fingerprint density at radius 1 is 1.35 bits per heavy atom. The molecule has 0 saturated carbocycles. The Morgan fingerprint density at radius 3 is 2.35 bits per heavy atom. The first-order chi connectivity index (χ1) is 7.84. The molecule has 0 heterocycles. The Balaban J connectivity index is 3.32. The van der Waals surface area contributed by atoms with E-state index < -0.39 is 0 Å². The summed E-state index contributed by atoms with van der Waals surface area (Å²) >= 11 is 3.25. The van der Waals surface area contributed by atoms with Crippen LogP contribution < -0.4 is 5.73 Å². The van der Waals surface area contributed by atoms with Gasteiger partial charge in [0.15, 0.2) is 0 Å². The van der Waals surface area contributed by atoms with Crippen LogP contribution in [0.25, 0.3) is 0 Å². The van der Waals surface area contributed by atoms with Crippen molar-refractivity contribution in [2.45, 2.75) is 32.7 Å². The molecule has 0 spiro atoms. The molecule has 17 heavy (non-hydrogen) atoms. The maximum Gasteiger partial charge on any atom is 0.274 e. The van der Waals surface area contributed by atoms with Gasteiger partial charge in [-0.25, -0.2) is 0 Å². The second-order valence-corrected chi connectivity index (χ2v) is 5.50. The van der Waals surface area contributed by atoms with Crippen LogP contribution in [0.4, 0.5) is 5.69 Å². The largest absolute Gasteiger partial charge is 0.327 e. The quantitative estimate of drug-likeness (QED) is 0.684. The van der Waals surface area contributed by atoms with Gasteiger partial charge in [0.05, 0.1) is 4.92 Å². The number of hydrogen-bond donors (Lipinski definition) is 1. The Hall–Kier alpha value is -0.940. The highest BCUT2D eigenvalue weighted by molar-refractivity contribution is 9.10. The van der Waals surface area contributed by atoms with Gasteiger partial charge < -0.3 is 5.73 Å². The predicted octanol–water partition coefficient (Wildman–Crippen LogP) is 3.44. The Kier molecular flexibility index (Phi) is 4.65. The van der Waals surface area contributed by atoms with Crippen molar-refractivity contribution in [1.29, 1.82) is 0 Å². The summed E-state index contributed by atoms with van der Waals surface area (Å²) in [6.07, 6.45) is 0. The van der Waals surface area contributed by atoms with Crippen molar-refractivity contribution in [3.05, 3.63) is 38.3 Å². The monoisotopic (exact) mass is 300 g/mol. The second-order valence-electron chi connectivity index (χ2n) is 4.59. The van der Waals surface area contributed by atoms with Crippen molar-refractivity contribution in [2.75, 3.05) is 0 Å². The summed E-state index contributed by atoms with van der Waals surface area (Å²) in [6, 6.07) is 5.03. The number of halogens is 1. The second kappa shape index (κ2) is 5.60. The Bertz CT molecular complexity index is 411. The number of benzene rings is 1. The lowest BCUT2D eigenvalue weighted by Crippen LogP contribution is -2.29. The highest BCUT2D eigenvalue weighted by Gasteiger charge is 2.27. The lowest BCUT2D eigenvalue weighted by Gasteiger charge is -2.24. The third kappa shape index (κ3) is 3.26. The molecule has 1 aromatic rings. The van der Waals surface area contributed by atoms with Gasteiger partial charge in [0.2, 0.25) is 0 Å². The zero-order valence-electron chi connectivity index (χ0n) is 10.2. The first kappa shape index (κ1) is 14.1. The molecule has 4 nitrogen and oxygen atoms in total. The molecular weight excluding hydrogens is 284 g/mol. The lowest BCUT2D eigenvalue weighted by atomic mass is 9.83. The molecule has 0 radical (unpaired) electrons. The molecule has 94 valence electrons. The highest BCUT2D eigenvalue weighted by atomic mass is 79.9. The van der Waals surface area contributed by atoms with Gasteiger partial charge in [0, 0.05) is 28.1 Å². The van der Waals surface area contributed by atoms with Crippen LogP contribution in [0.3, 0.4) is 0 Å². The summed E-state index contributed by atoms with van der Waals surface area (Å²) in [5.41, 5.74) is 6.79. The van der Waals surface area contributed by atoms with Gasteiger partial charge in [-0.1, -0.05) is 35.8 Å². The van der Waals surface area contributed by atoms with Crippen molar-refractivity contribution in [3.8, 4) is 0 Å². The number of rotatable bonds is 4. The molecule has 0 saturated heterocycles. The summed E-state index contributed by atoms with van der Waals surface area (Å²) in [5, 5.41) is 11.1. The van der Waals surface area contributed by atoms with E-state index in [9.17, 15) is 10.1 Å². The zero-order valence-corrected chi connectivity index (χ0v) is 11.8. The number of nitrogens with zero attached hydrogens (tertiary/aromatic N) is 1. The predicted molar refractivity (Wildman–Crippen MR) is 72.0 cm³/mol. The molecule has 0 aliphatic heterocycles. The van der Waals surface area contributed by atoms with E-state index in [4.69, 9.17) is 5.73 Å². The zero-order chi connectivity index (χ0) is 13.2. The molecule has 0 aliphatic rings. The number of nitro benzene ring substituents is 1. The van der Waals surface area contributed by atoms with Gasteiger partial charge in [0.1, 0.15) is 0 Å². The SMILES string of the molecule is CC(C)C(c1ccc(Br)cc1[N+](=O)[O-])C(C)N. The van der Waals surface area contributed by atoms with E-state index in [-0.39, 0.29) is 28.5 Å². The molecule has 0 bridgehead atoms. The minimum absolute atomic E-state index is 0.0106. The molecular formula is C12H17BrN2O2. The molecule has 0 aromatic heterocycles. The first-order valence-corrected chi connectivity index (χ1v) is 6.33. The molecule has 2 unspecified atom stereocenters. The van der Waals surface area contributed by atoms with E-state index in [0.717, 1.165) is 0 Å². The first-order valence-electron chi connectivity index (χ1n) is 5.54. The summed E-state index contributed by atoms with van der Waals surface area (Å²) < 4.78 is 0.708. The normalized spacial score (nSPS) is 14.7. The fraction of sp³-hybridized carbons (Fsp3) is 0.500. The maximum atomic E-state index is 11.1. The van der Waals surface area contributed by atoms with Crippen LogP contribution >= 0.6 is 15.9 Å². The number of nitrogens with two attached hydrogens (primary N) is 1. The summed E-state index contributed by atoms with van der Waals surface area (Å²) in [5.74, 6) is 0.248. The Morgan fingerprint density at radius 2 is 1.94 bits per heavy atom. The van der Waals surface area contributed by atoms with Gasteiger partial charge >= 0.3 is 0 Å². The van der Waals surface area contributed by atoms with E-state index in [1.807, 2.05) is 26.8 Å². The van der Waals surface area contributed by atoms with Crippen molar-refractivity contribution in [1.82, 2.24) is 0 Å². The van der Waals surface area contributed by atoms with Crippen molar-refractivity contribution >= 4 is 21.6 Å². The maximum absolute atomic E-state index is 11.1. The fourth-order valence-electron chi connectivity index (χ4n) is 2.21. The molecule has 0 aliphatic carbocycles. The number of hydrogen-bond acceptors (Lipinski definition) is 3. The summed E-state index contributed by atoms with van der Waals surface area (Å²) in [6.45, 7) is 5.94. The van der Waals surface area contributed by atoms with Gasteiger partial charge in [0.25, 0.3) is 5.69 Å². The van der Waals surface area contributed by atoms with E-state index in [2.05, 4.69) is 15.9 Å². The molecule has 1 aromatic carbocycles. The molecule has 2 N–H and O–H groups in total. The van der Waals surface area contributed by atoms with E-state index in [0.29, 0.717) is 10.0 Å². The average molecular weight is 301 g/mol. The van der Waals surface area contributed by atoms with Crippen molar-refractivity contribution in [2.24, 2.45) is 11.7 Å². The van der Waals surface area contributed by atoms with E-state index in [1.165, 1.54) is 6.07 Å². The number of nitro groups is 1. The molecule has 0 amide bonds. The molecule has 5 heteroatoms. The molecule has 2 atom stereocenters. The van der Waals surface area contributed by atoms with Crippen molar-refractivity contribution < 1.29 is 4.92 Å². The molecule has 0 fully saturated rings. The average Bonchev–Trinajstić information content (AvgIpc) is 2.19. The van der Waals surface area contributed by atoms with Gasteiger partial charge in [-0.15, -0.1) is 0 Å². The van der Waals surface area contributed by atoms with Gasteiger partial charge in [-0.2, -0.15) is 0 Å². The lowest BCUT2D eigenvalue weighted by molar-refractivity contribution is -0.385. The highest BCUT2D eigenvalue weighted by Crippen LogP contribution is 2.35. The van der Waals surface area contributed by atoms with Gasteiger partial charge in [-0.3, -0.25) is 10.1 Å². The summed E-state index contributed by atoms with van der Waals surface area (Å²) in [4.78, 5) is 10.7. The third-order valence-corrected chi connectivity index (χ3v) is 3.33. The van der Waals surface area contributed by atoms with E-state index in [1.54, 1.807) is 6.07 Å². The standard InChI is InChI=1S/C12H17BrN2O2/c1-7(2)12(8(3)14)10-5-4-9(13)6-11(10)15(16)17/h4-8,12H,14H2,1-3H3. The van der Waals surface area contributed by atoms with E-state index >= 15 is 0 Å². The smallest absolute Gasteiger partial charge is 0.274 e. The van der Waals surface area contributed by atoms with Crippen LogP contribution in [0.2, 0.25) is 0 Å². The fourth-order valence-corrected chi connectivity index (χ4v) is 2.56. The minimum atomic E-state index is -0.349. The summed E-state index contributed by atoms with van der Waals surface area (Å²) in [7, 11) is 0. The van der Waals surface area contributed by atoms with Crippen LogP contribution in [0.5, 0.6) is 0 Å². The van der Waals surface area contributed by atoms with Gasteiger partial charge in [-0.05, 0) is 18.9 Å². The van der Waals surface area contributed by atoms with Crippen LogP contribution in [0.15, 0.2) is 22.7 Å². The van der Waals surface area contributed by atoms with Crippen LogP contribution in [0.1, 0.15) is 32.3 Å². The Labute approximate surface area is 109 Å². The van der Waals surface area contributed by atoms with Crippen LogP contribution in [-0.2, 0) is 0 Å². The topological polar surface area (TPSA) is 69.2 Å². The minimum Gasteiger partial charge on any atom is -0.327 e.